The van der Waals surface area contributed by atoms with E-state index in [1.807, 2.05) is 19.0 Å². The molecule has 0 heterocycles. The average Bonchev–Trinajstić information content (AvgIpc) is 2.89. The summed E-state index contributed by atoms with van der Waals surface area (Å²) < 4.78 is 0. The minimum Gasteiger partial charge on any atom is -0.510 e. The number of hydrogen-bond donors (Lipinski definition) is 6. The number of Topliss-reactive ketones (excluding diaryl/α,β-unsaturated/α-hetero) is 1. The van der Waals surface area contributed by atoms with Crippen molar-refractivity contribution in [3.8, 4) is 16.9 Å². The normalized spacial score (nSPS) is 25.5. The van der Waals surface area contributed by atoms with Crippen LogP contribution in [-0.4, -0.2) is 87.9 Å². The molecule has 1 amide bonds. The predicted molar refractivity (Wildman–Crippen MR) is 151 cm³/mol. The lowest BCUT2D eigenvalue weighted by Gasteiger charge is -2.51. The van der Waals surface area contributed by atoms with Crippen molar-refractivity contribution < 1.29 is 39.9 Å². The second-order valence-corrected chi connectivity index (χ2v) is 11.5. The molecule has 0 aromatic heterocycles. The van der Waals surface area contributed by atoms with E-state index in [4.69, 9.17) is 5.73 Å². The highest BCUT2D eigenvalue weighted by Crippen LogP contribution is 2.55. The number of anilines is 1. The number of aliphatic hydroxyl groups excluding tert-OH is 2. The molecule has 5 rings (SSSR count). The molecule has 216 valence electrons. The molecule has 41 heavy (non-hydrogen) atoms. The standard InChI is InChI=1S/C30H33N3O8/c1-32(2)20-11-16(13-5-7-14(8-6-13)29(39)40)24(34)22-17(20)9-15-10-19-23(33(3)4)25(35)18(28(31)38)12-30(19,41)27(37)21(15)26(22)36/h5-8,11,15,19,23,34-36,41H,9-10,12H2,1-4H3,(H2,31,38)(H,39,40)/t15-,19-,23-,30-/m1/s1. The molecule has 0 spiro atoms. The Balaban J connectivity index is 1.70. The number of carboxylic acids is 1. The van der Waals surface area contributed by atoms with Gasteiger partial charge < -0.3 is 36.2 Å². The fourth-order valence-corrected chi connectivity index (χ4v) is 6.79. The molecule has 7 N–H and O–H groups in total. The van der Waals surface area contributed by atoms with E-state index in [9.17, 15) is 39.9 Å². The van der Waals surface area contributed by atoms with Crippen LogP contribution in [0.25, 0.3) is 16.9 Å². The third-order valence-corrected chi connectivity index (χ3v) is 8.72. The monoisotopic (exact) mass is 563 g/mol. The van der Waals surface area contributed by atoms with Crippen LogP contribution in [0.1, 0.15) is 34.3 Å². The summed E-state index contributed by atoms with van der Waals surface area (Å²) in [6.45, 7) is 0. The number of hydrogen-bond acceptors (Lipinski definition) is 9. The van der Waals surface area contributed by atoms with Gasteiger partial charge in [-0.15, -0.1) is 0 Å². The molecular weight excluding hydrogens is 530 g/mol. The van der Waals surface area contributed by atoms with Gasteiger partial charge in [-0.25, -0.2) is 4.79 Å². The summed E-state index contributed by atoms with van der Waals surface area (Å²) in [5.41, 5.74) is 5.34. The quantitative estimate of drug-likeness (QED) is 0.315. The maximum Gasteiger partial charge on any atom is 0.335 e. The number of nitrogens with zero attached hydrogens (tertiary/aromatic N) is 2. The number of carbonyl (C=O) groups is 3. The summed E-state index contributed by atoms with van der Waals surface area (Å²) in [4.78, 5) is 41.0. The van der Waals surface area contributed by atoms with Crippen LogP contribution in [0.2, 0.25) is 0 Å². The Hall–Kier alpha value is -4.35. The molecule has 2 aromatic rings. The number of carboxylic acid groups (broad SMARTS) is 1. The van der Waals surface area contributed by atoms with E-state index in [1.165, 1.54) is 12.1 Å². The first-order valence-electron chi connectivity index (χ1n) is 13.2. The van der Waals surface area contributed by atoms with Crippen LogP contribution in [0.3, 0.4) is 0 Å². The zero-order valence-electron chi connectivity index (χ0n) is 23.2. The lowest BCUT2D eigenvalue weighted by molar-refractivity contribution is -0.151. The van der Waals surface area contributed by atoms with Crippen LogP contribution >= 0.6 is 0 Å². The minimum atomic E-state index is -2.12. The van der Waals surface area contributed by atoms with E-state index in [0.29, 0.717) is 22.4 Å². The van der Waals surface area contributed by atoms with Gasteiger partial charge in [0.15, 0.2) is 5.78 Å². The molecule has 3 aliphatic rings. The van der Waals surface area contributed by atoms with Gasteiger partial charge in [0.2, 0.25) is 5.91 Å². The first-order valence-corrected chi connectivity index (χ1v) is 13.2. The SMILES string of the molecule is CN(C)c1cc(-c2ccc(C(=O)O)cc2)c(O)c2c1C[C@@H]1C[C@@H]3[C@@H](N(C)C)C(O)=C(C(N)=O)C[C@]3(O)C(=O)C1=C2O. The van der Waals surface area contributed by atoms with Crippen LogP contribution < -0.4 is 10.6 Å². The summed E-state index contributed by atoms with van der Waals surface area (Å²) in [5, 5.41) is 55.1. The fourth-order valence-electron chi connectivity index (χ4n) is 6.79. The number of rotatable bonds is 5. The summed E-state index contributed by atoms with van der Waals surface area (Å²) in [7, 11) is 6.95. The van der Waals surface area contributed by atoms with Gasteiger partial charge in [-0.1, -0.05) is 12.1 Å². The lowest BCUT2D eigenvalue weighted by Crippen LogP contribution is -2.62. The van der Waals surface area contributed by atoms with Gasteiger partial charge in [0.05, 0.1) is 22.7 Å². The number of benzene rings is 2. The summed E-state index contributed by atoms with van der Waals surface area (Å²) >= 11 is 0. The third-order valence-electron chi connectivity index (χ3n) is 8.72. The molecule has 0 radical (unpaired) electrons. The molecule has 2 aromatic carbocycles. The van der Waals surface area contributed by atoms with Gasteiger partial charge in [-0.05, 0) is 62.2 Å². The highest BCUT2D eigenvalue weighted by molar-refractivity contribution is 6.11. The highest BCUT2D eigenvalue weighted by atomic mass is 16.4. The molecule has 1 saturated carbocycles. The van der Waals surface area contributed by atoms with Crippen molar-refractivity contribution in [2.45, 2.75) is 30.9 Å². The zero-order chi connectivity index (χ0) is 30.1. The number of ketones is 1. The van der Waals surface area contributed by atoms with Crippen molar-refractivity contribution in [3.05, 3.63) is 63.9 Å². The predicted octanol–water partition coefficient (Wildman–Crippen LogP) is 2.22. The average molecular weight is 564 g/mol. The van der Waals surface area contributed by atoms with Gasteiger partial charge in [0.25, 0.3) is 0 Å². The van der Waals surface area contributed by atoms with E-state index in [-0.39, 0.29) is 46.6 Å². The van der Waals surface area contributed by atoms with Crippen LogP contribution in [0.5, 0.6) is 5.75 Å². The first kappa shape index (κ1) is 28.2. The fraction of sp³-hybridized carbons (Fsp3) is 0.367. The Kier molecular flexibility index (Phi) is 6.62. The summed E-state index contributed by atoms with van der Waals surface area (Å²) in [5.74, 6) is -5.17. The van der Waals surface area contributed by atoms with Gasteiger partial charge in [-0.2, -0.15) is 0 Å². The summed E-state index contributed by atoms with van der Waals surface area (Å²) in [6.07, 6.45) is -0.0189. The topological polar surface area (TPSA) is 185 Å². The number of aliphatic hydroxyl groups is 3. The maximum absolute atomic E-state index is 14.1. The molecule has 11 nitrogen and oxygen atoms in total. The zero-order valence-corrected chi connectivity index (χ0v) is 23.2. The highest BCUT2D eigenvalue weighted by Gasteiger charge is 2.60. The number of primary amides is 1. The van der Waals surface area contributed by atoms with Crippen LogP contribution in [0, 0.1) is 11.8 Å². The summed E-state index contributed by atoms with van der Waals surface area (Å²) in [6, 6.07) is 6.80. The Morgan fingerprint density at radius 2 is 1.68 bits per heavy atom. The number of aromatic carboxylic acids is 1. The number of nitrogens with two attached hydrogens (primary N) is 1. The van der Waals surface area contributed by atoms with E-state index in [1.54, 1.807) is 37.2 Å². The minimum absolute atomic E-state index is 0.0441. The Labute approximate surface area is 236 Å². The number of amides is 1. The van der Waals surface area contributed by atoms with Crippen LogP contribution in [-0.2, 0) is 16.0 Å². The Morgan fingerprint density at radius 1 is 1.05 bits per heavy atom. The number of phenols is 1. The maximum atomic E-state index is 14.1. The van der Waals surface area contributed by atoms with Gasteiger partial charge in [-0.3, -0.25) is 14.5 Å². The van der Waals surface area contributed by atoms with Gasteiger partial charge in [0, 0.05) is 43.3 Å². The smallest absolute Gasteiger partial charge is 0.335 e. The molecule has 0 saturated heterocycles. The largest absolute Gasteiger partial charge is 0.510 e. The number of likely N-dealkylation sites (N-methyl/N-ethyl adjacent to an activating group) is 1. The molecule has 0 unspecified atom stereocenters. The number of carbonyl (C=O) groups excluding carboxylic acids is 2. The molecule has 1 fully saturated rings. The number of fused-ring (bicyclic) bond motifs is 3. The molecule has 3 aliphatic carbocycles. The second-order valence-electron chi connectivity index (χ2n) is 11.5. The van der Waals surface area contributed by atoms with Crippen LogP contribution in [0.4, 0.5) is 5.69 Å². The van der Waals surface area contributed by atoms with Crippen LogP contribution in [0.15, 0.2) is 47.2 Å². The Morgan fingerprint density at radius 3 is 2.22 bits per heavy atom. The van der Waals surface area contributed by atoms with Crippen molar-refractivity contribution in [2.75, 3.05) is 33.1 Å². The molecule has 0 aliphatic heterocycles. The molecule has 11 heteroatoms. The van der Waals surface area contributed by atoms with E-state index in [0.717, 1.165) is 0 Å². The number of phenolic OH excluding ortho intramolecular Hbond substituents is 1. The number of aromatic hydroxyl groups is 1. The molecular formula is C30H33N3O8. The van der Waals surface area contributed by atoms with E-state index < -0.39 is 53.3 Å². The van der Waals surface area contributed by atoms with E-state index >= 15 is 0 Å². The second kappa shape index (κ2) is 9.64. The molecule has 4 atom stereocenters. The first-order chi connectivity index (χ1) is 19.2. The van der Waals surface area contributed by atoms with E-state index in [2.05, 4.69) is 0 Å². The van der Waals surface area contributed by atoms with Gasteiger partial charge in [0.1, 0.15) is 22.9 Å². The van der Waals surface area contributed by atoms with Gasteiger partial charge >= 0.3 is 5.97 Å². The Bertz CT molecular complexity index is 1560. The lowest BCUT2D eigenvalue weighted by atomic mass is 9.57. The third kappa shape index (κ3) is 4.15. The van der Waals surface area contributed by atoms with Crippen molar-refractivity contribution in [1.29, 1.82) is 0 Å². The van der Waals surface area contributed by atoms with Crippen molar-refractivity contribution in [3.63, 3.8) is 0 Å². The van der Waals surface area contributed by atoms with Crippen molar-refractivity contribution in [2.24, 2.45) is 17.6 Å². The molecule has 0 bridgehead atoms. The van der Waals surface area contributed by atoms with Crippen molar-refractivity contribution in [1.82, 2.24) is 4.90 Å². The van der Waals surface area contributed by atoms with Crippen molar-refractivity contribution >= 4 is 29.1 Å².